The molecule has 0 spiro atoms. The van der Waals surface area contributed by atoms with Crippen LogP contribution in [-0.4, -0.2) is 58.7 Å². The first-order valence-corrected chi connectivity index (χ1v) is 10.1. The normalized spacial score (nSPS) is 9.77. The number of hydrogen-bond acceptors (Lipinski definition) is 7. The molecule has 0 atom stereocenters. The number of hydrogen-bond donors (Lipinski definition) is 1. The number of amides is 1. The van der Waals surface area contributed by atoms with Crippen LogP contribution in [0.2, 0.25) is 0 Å². The van der Waals surface area contributed by atoms with Crippen molar-refractivity contribution in [2.24, 2.45) is 0 Å². The summed E-state index contributed by atoms with van der Waals surface area (Å²) in [6.45, 7) is 7.14. The van der Waals surface area contributed by atoms with Crippen LogP contribution >= 0.6 is 0 Å². The number of methoxy groups -OCH3 is 2. The minimum absolute atomic E-state index is 0.112. The summed E-state index contributed by atoms with van der Waals surface area (Å²) in [6, 6.07) is 5.62. The highest BCUT2D eigenvalue weighted by atomic mass is 16.5. The Labute approximate surface area is 179 Å². The molecule has 1 N–H and O–H groups in total. The van der Waals surface area contributed by atoms with E-state index >= 15 is 0 Å². The Bertz CT molecular complexity index is 636. The molecule has 0 aliphatic rings. The van der Waals surface area contributed by atoms with Crippen molar-refractivity contribution >= 4 is 29.5 Å². The van der Waals surface area contributed by atoms with Crippen LogP contribution in [0.15, 0.2) is 18.2 Å². The molecule has 0 aromatic heterocycles. The molecule has 0 heterocycles. The zero-order chi connectivity index (χ0) is 22.8. The molecule has 1 rings (SSSR count). The molecular weight excluding hydrogens is 388 g/mol. The van der Waals surface area contributed by atoms with Crippen molar-refractivity contribution in [1.82, 2.24) is 0 Å². The molecule has 0 saturated carbocycles. The van der Waals surface area contributed by atoms with E-state index < -0.39 is 0 Å². The van der Waals surface area contributed by atoms with Crippen LogP contribution in [0, 0.1) is 0 Å². The number of carbonyl (C=O) groups is 3. The van der Waals surface area contributed by atoms with Crippen molar-refractivity contribution in [3.63, 3.8) is 0 Å². The summed E-state index contributed by atoms with van der Waals surface area (Å²) in [5.41, 5.74) is 1.67. The van der Waals surface area contributed by atoms with Gasteiger partial charge in [0, 0.05) is 46.3 Å². The van der Waals surface area contributed by atoms with Gasteiger partial charge in [-0.2, -0.15) is 0 Å². The fraction of sp³-hybridized carbons (Fsp3) is 0.591. The fourth-order valence-electron chi connectivity index (χ4n) is 2.74. The van der Waals surface area contributed by atoms with E-state index in [1.165, 1.54) is 20.8 Å². The van der Waals surface area contributed by atoms with E-state index in [0.29, 0.717) is 6.61 Å². The van der Waals surface area contributed by atoms with Crippen LogP contribution in [0.4, 0.5) is 11.4 Å². The van der Waals surface area contributed by atoms with E-state index in [2.05, 4.69) is 10.2 Å². The zero-order valence-electron chi connectivity index (χ0n) is 18.9. The second-order valence-electron chi connectivity index (χ2n) is 6.54. The number of nitrogens with one attached hydrogen (secondary N) is 1. The molecule has 0 unspecified atom stereocenters. The van der Waals surface area contributed by atoms with Crippen molar-refractivity contribution < 1.29 is 28.6 Å². The minimum Gasteiger partial charge on any atom is -0.495 e. The summed E-state index contributed by atoms with van der Waals surface area (Å²) >= 11 is 0. The van der Waals surface area contributed by atoms with Crippen LogP contribution in [0.1, 0.15) is 46.5 Å². The first kappa shape index (κ1) is 27.4. The lowest BCUT2D eigenvalue weighted by molar-refractivity contribution is -0.141. The van der Waals surface area contributed by atoms with Gasteiger partial charge in [0.05, 0.1) is 19.4 Å². The predicted octanol–water partition coefficient (Wildman–Crippen LogP) is 3.44. The number of rotatable bonds is 13. The van der Waals surface area contributed by atoms with Crippen LogP contribution in [0.25, 0.3) is 0 Å². The Hall–Kier alpha value is -2.61. The first-order chi connectivity index (χ1) is 14.4. The molecule has 1 amide bonds. The lowest BCUT2D eigenvalue weighted by Crippen LogP contribution is -2.27. The average molecular weight is 425 g/mol. The molecule has 1 aromatic carbocycles. The van der Waals surface area contributed by atoms with Crippen molar-refractivity contribution in [1.29, 1.82) is 0 Å². The Balaban J connectivity index is 0.00000263. The largest absolute Gasteiger partial charge is 0.495 e. The highest BCUT2D eigenvalue weighted by molar-refractivity contribution is 5.89. The number of aldehydes is 1. The maximum atomic E-state index is 11.4. The molecule has 0 bridgehead atoms. The molecule has 8 nitrogen and oxygen atoms in total. The number of carbonyl (C=O) groups excluding carboxylic acids is 3. The number of unbranched alkanes of at least 4 members (excludes halogenated alkanes) is 2. The fourth-order valence-corrected chi connectivity index (χ4v) is 2.74. The Morgan fingerprint density at radius 3 is 2.13 bits per heavy atom. The van der Waals surface area contributed by atoms with Gasteiger partial charge in [-0.25, -0.2) is 0 Å². The van der Waals surface area contributed by atoms with E-state index in [1.54, 1.807) is 14.2 Å². The maximum absolute atomic E-state index is 11.4. The summed E-state index contributed by atoms with van der Waals surface area (Å²) in [6.07, 6.45) is 4.37. The summed E-state index contributed by atoms with van der Waals surface area (Å²) in [5.74, 6) is 0.395. The lowest BCUT2D eigenvalue weighted by Gasteiger charge is -2.27. The minimum atomic E-state index is -0.254. The van der Waals surface area contributed by atoms with Crippen LogP contribution in [0.3, 0.4) is 0 Å². The van der Waals surface area contributed by atoms with Gasteiger partial charge < -0.3 is 29.2 Å². The average Bonchev–Trinajstić information content (AvgIpc) is 2.69. The summed E-state index contributed by atoms with van der Waals surface area (Å²) in [5, 5.41) is 2.82. The Morgan fingerprint density at radius 2 is 1.63 bits per heavy atom. The standard InChI is InChI=1S/C20H32N2O5.C2H4O/c1-16(23)21-18-9-10-20(26-4)19(15-18)22(11-5-7-13-25-3)12-6-8-14-27-17(2)24;1-2-3/h9-10,15H,5-8,11-14H2,1-4H3,(H,21,23);2H,1H3. The Kier molecular flexibility index (Phi) is 15.8. The van der Waals surface area contributed by atoms with E-state index in [1.807, 2.05) is 18.2 Å². The number of benzene rings is 1. The van der Waals surface area contributed by atoms with Gasteiger partial charge in [0.25, 0.3) is 0 Å². The molecule has 170 valence electrons. The van der Waals surface area contributed by atoms with Gasteiger partial charge in [-0.15, -0.1) is 0 Å². The van der Waals surface area contributed by atoms with Crippen molar-refractivity contribution in [3.05, 3.63) is 18.2 Å². The SMILES string of the molecule is CC=O.COCCCCN(CCCCOC(C)=O)c1cc(NC(C)=O)ccc1OC. The molecule has 1 aromatic rings. The van der Waals surface area contributed by atoms with Crippen molar-refractivity contribution in [3.8, 4) is 5.75 Å². The smallest absolute Gasteiger partial charge is 0.302 e. The number of esters is 1. The van der Waals surface area contributed by atoms with Gasteiger partial charge in [-0.05, 0) is 50.8 Å². The summed E-state index contributed by atoms with van der Waals surface area (Å²) < 4.78 is 15.7. The van der Waals surface area contributed by atoms with Crippen LogP contribution < -0.4 is 15.0 Å². The molecule has 0 fully saturated rings. The molecular formula is C22H36N2O6. The van der Waals surface area contributed by atoms with E-state index in [9.17, 15) is 9.59 Å². The van der Waals surface area contributed by atoms with Gasteiger partial charge in [0.2, 0.25) is 5.91 Å². The third-order valence-corrected chi connectivity index (χ3v) is 3.99. The molecule has 30 heavy (non-hydrogen) atoms. The second kappa shape index (κ2) is 17.3. The van der Waals surface area contributed by atoms with Gasteiger partial charge >= 0.3 is 5.97 Å². The van der Waals surface area contributed by atoms with Crippen LogP contribution in [-0.2, 0) is 23.9 Å². The highest BCUT2D eigenvalue weighted by Gasteiger charge is 2.13. The van der Waals surface area contributed by atoms with E-state index in [0.717, 1.165) is 68.8 Å². The highest BCUT2D eigenvalue weighted by Crippen LogP contribution is 2.32. The van der Waals surface area contributed by atoms with Gasteiger partial charge in [-0.3, -0.25) is 9.59 Å². The summed E-state index contributed by atoms with van der Waals surface area (Å²) in [4.78, 5) is 33.3. The van der Waals surface area contributed by atoms with E-state index in [4.69, 9.17) is 19.0 Å². The molecule has 0 saturated heterocycles. The lowest BCUT2D eigenvalue weighted by atomic mass is 10.2. The molecule has 0 aliphatic heterocycles. The summed E-state index contributed by atoms with van der Waals surface area (Å²) in [7, 11) is 3.34. The third-order valence-electron chi connectivity index (χ3n) is 3.99. The first-order valence-electron chi connectivity index (χ1n) is 10.1. The third kappa shape index (κ3) is 12.8. The van der Waals surface area contributed by atoms with E-state index in [-0.39, 0.29) is 11.9 Å². The number of ether oxygens (including phenoxy) is 3. The quantitative estimate of drug-likeness (QED) is 0.294. The van der Waals surface area contributed by atoms with Crippen molar-refractivity contribution in [2.75, 3.05) is 50.7 Å². The van der Waals surface area contributed by atoms with Gasteiger partial charge in [0.1, 0.15) is 12.0 Å². The maximum Gasteiger partial charge on any atom is 0.302 e. The van der Waals surface area contributed by atoms with Gasteiger partial charge in [-0.1, -0.05) is 0 Å². The van der Waals surface area contributed by atoms with Crippen LogP contribution in [0.5, 0.6) is 5.75 Å². The zero-order valence-corrected chi connectivity index (χ0v) is 18.9. The topological polar surface area (TPSA) is 94.2 Å². The Morgan fingerprint density at radius 1 is 1.03 bits per heavy atom. The monoisotopic (exact) mass is 424 g/mol. The van der Waals surface area contributed by atoms with Crippen molar-refractivity contribution in [2.45, 2.75) is 46.5 Å². The number of nitrogens with zero attached hydrogens (tertiary/aromatic N) is 1. The second-order valence-corrected chi connectivity index (χ2v) is 6.54. The predicted molar refractivity (Wildman–Crippen MR) is 118 cm³/mol. The molecule has 0 aliphatic carbocycles. The number of anilines is 2. The van der Waals surface area contributed by atoms with Gasteiger partial charge in [0.15, 0.2) is 0 Å². The molecule has 0 radical (unpaired) electrons. The molecule has 8 heteroatoms.